The molecule has 2 nitrogen and oxygen atoms in total. The van der Waals surface area contributed by atoms with Crippen molar-refractivity contribution in [2.75, 3.05) is 0 Å². The monoisotopic (exact) mass is 382 g/mol. The number of nitrogens with one attached hydrogen (secondary N) is 1. The predicted octanol–water partition coefficient (Wildman–Crippen LogP) is 7.57. The van der Waals surface area contributed by atoms with Crippen LogP contribution in [0.15, 0.2) is 103 Å². The molecule has 0 atom stereocenters. The van der Waals surface area contributed by atoms with Gasteiger partial charge in [0.05, 0.1) is 22.2 Å². The molecule has 0 unspecified atom stereocenters. The lowest BCUT2D eigenvalue weighted by Gasteiger charge is -2.13. The smallest absolute Gasteiger partial charge is 0.0548 e. The molecule has 0 bridgehead atoms. The molecule has 30 heavy (non-hydrogen) atoms. The van der Waals surface area contributed by atoms with Crippen LogP contribution < -0.4 is 0 Å². The number of para-hydroxylation sites is 3. The van der Waals surface area contributed by atoms with Gasteiger partial charge in [-0.05, 0) is 24.3 Å². The maximum atomic E-state index is 3.66. The Hall–Kier alpha value is -4.04. The van der Waals surface area contributed by atoms with Crippen LogP contribution in [0.3, 0.4) is 0 Å². The van der Waals surface area contributed by atoms with Gasteiger partial charge < -0.3 is 9.55 Å². The largest absolute Gasteiger partial charge is 0.354 e. The van der Waals surface area contributed by atoms with Crippen LogP contribution in [0.2, 0.25) is 0 Å². The van der Waals surface area contributed by atoms with Gasteiger partial charge in [-0.15, -0.1) is 0 Å². The van der Waals surface area contributed by atoms with Crippen LogP contribution in [-0.4, -0.2) is 9.55 Å². The van der Waals surface area contributed by atoms with Gasteiger partial charge in [0.2, 0.25) is 0 Å². The van der Waals surface area contributed by atoms with Gasteiger partial charge in [0.25, 0.3) is 0 Å². The van der Waals surface area contributed by atoms with Crippen LogP contribution in [0.1, 0.15) is 0 Å². The highest BCUT2D eigenvalue weighted by molar-refractivity contribution is 6.20. The van der Waals surface area contributed by atoms with E-state index in [0.717, 1.165) is 0 Å². The van der Waals surface area contributed by atoms with E-state index >= 15 is 0 Å². The van der Waals surface area contributed by atoms with Gasteiger partial charge in [0.1, 0.15) is 0 Å². The summed E-state index contributed by atoms with van der Waals surface area (Å²) in [6.45, 7) is 0. The van der Waals surface area contributed by atoms with Crippen molar-refractivity contribution in [1.82, 2.24) is 9.55 Å². The van der Waals surface area contributed by atoms with E-state index in [4.69, 9.17) is 0 Å². The van der Waals surface area contributed by atoms with E-state index in [0.29, 0.717) is 0 Å². The first-order valence-electron chi connectivity index (χ1n) is 10.3. The number of rotatable bonds is 1. The van der Waals surface area contributed by atoms with Crippen molar-refractivity contribution in [3.63, 3.8) is 0 Å². The highest BCUT2D eigenvalue weighted by Gasteiger charge is 2.16. The molecule has 2 heterocycles. The van der Waals surface area contributed by atoms with Gasteiger partial charge in [-0.3, -0.25) is 0 Å². The third kappa shape index (κ3) is 1.98. The van der Waals surface area contributed by atoms with Gasteiger partial charge in [-0.2, -0.15) is 0 Å². The Balaban J connectivity index is 1.75. The number of nitrogens with zero attached hydrogens (tertiary/aromatic N) is 1. The summed E-state index contributed by atoms with van der Waals surface area (Å²) in [7, 11) is 0. The van der Waals surface area contributed by atoms with Crippen molar-refractivity contribution in [2.45, 2.75) is 0 Å². The molecular weight excluding hydrogens is 364 g/mol. The molecule has 1 N–H and O–H groups in total. The van der Waals surface area contributed by atoms with E-state index in [-0.39, 0.29) is 0 Å². The van der Waals surface area contributed by atoms with E-state index in [1.54, 1.807) is 0 Å². The Bertz CT molecular complexity index is 1690. The van der Waals surface area contributed by atoms with Gasteiger partial charge in [0.15, 0.2) is 0 Å². The van der Waals surface area contributed by atoms with Crippen molar-refractivity contribution in [3.8, 4) is 5.69 Å². The lowest BCUT2D eigenvalue weighted by Crippen LogP contribution is -1.95. The Morgan fingerprint density at radius 2 is 1.00 bits per heavy atom. The molecule has 7 rings (SSSR count). The third-order valence-electron chi connectivity index (χ3n) is 6.32. The molecular formula is C28H18N2. The predicted molar refractivity (Wildman–Crippen MR) is 128 cm³/mol. The van der Waals surface area contributed by atoms with Crippen LogP contribution in [0.4, 0.5) is 0 Å². The van der Waals surface area contributed by atoms with Crippen molar-refractivity contribution in [2.24, 2.45) is 0 Å². The minimum Gasteiger partial charge on any atom is -0.354 e. The molecule has 0 radical (unpaired) electrons. The van der Waals surface area contributed by atoms with Crippen LogP contribution in [-0.2, 0) is 0 Å². The fourth-order valence-electron chi connectivity index (χ4n) is 5.03. The van der Waals surface area contributed by atoms with Crippen molar-refractivity contribution < 1.29 is 0 Å². The second-order valence-corrected chi connectivity index (χ2v) is 7.90. The molecule has 0 amide bonds. The zero-order chi connectivity index (χ0) is 19.7. The Labute approximate surface area is 173 Å². The molecule has 2 aromatic heterocycles. The maximum Gasteiger partial charge on any atom is 0.0548 e. The van der Waals surface area contributed by atoms with E-state index in [9.17, 15) is 0 Å². The average molecular weight is 382 g/mol. The number of hydrogen-bond donors (Lipinski definition) is 1. The van der Waals surface area contributed by atoms with E-state index < -0.39 is 0 Å². The molecule has 7 aromatic rings. The van der Waals surface area contributed by atoms with Crippen LogP contribution in [0, 0.1) is 0 Å². The molecule has 0 spiro atoms. The van der Waals surface area contributed by atoms with Crippen LogP contribution in [0.25, 0.3) is 60.1 Å². The quantitative estimate of drug-likeness (QED) is 0.302. The summed E-state index contributed by atoms with van der Waals surface area (Å²) >= 11 is 0. The lowest BCUT2D eigenvalue weighted by molar-refractivity contribution is 1.20. The van der Waals surface area contributed by atoms with E-state index in [1.807, 2.05) is 0 Å². The molecule has 5 aromatic carbocycles. The SMILES string of the molecule is c1ccc2c(c1)[nH]c1c3ccccc3c(-n3c4ccccc4c4ccccc43)cc21. The Morgan fingerprint density at radius 1 is 0.467 bits per heavy atom. The minimum absolute atomic E-state index is 1.18. The normalized spacial score (nSPS) is 12.0. The fourth-order valence-corrected chi connectivity index (χ4v) is 5.03. The first-order chi connectivity index (χ1) is 14.9. The van der Waals surface area contributed by atoms with Crippen molar-refractivity contribution in [1.29, 1.82) is 0 Å². The summed E-state index contributed by atoms with van der Waals surface area (Å²) in [6, 6.07) is 37.1. The third-order valence-corrected chi connectivity index (χ3v) is 6.32. The highest BCUT2D eigenvalue weighted by atomic mass is 15.0. The number of aromatic amines is 1. The second kappa shape index (κ2) is 5.74. The van der Waals surface area contributed by atoms with E-state index in [2.05, 4.69) is 113 Å². The van der Waals surface area contributed by atoms with Crippen LogP contribution in [0.5, 0.6) is 0 Å². The zero-order valence-electron chi connectivity index (χ0n) is 16.3. The molecule has 140 valence electrons. The van der Waals surface area contributed by atoms with Gasteiger partial charge in [0, 0.05) is 37.8 Å². The first kappa shape index (κ1) is 15.8. The van der Waals surface area contributed by atoms with Gasteiger partial charge in [-0.1, -0.05) is 78.9 Å². The van der Waals surface area contributed by atoms with Gasteiger partial charge in [-0.25, -0.2) is 0 Å². The molecule has 0 aliphatic carbocycles. The summed E-state index contributed by atoms with van der Waals surface area (Å²) in [5.74, 6) is 0. The molecule has 0 fully saturated rings. The Kier molecular flexibility index (Phi) is 3.03. The standard InChI is InChI=1S/C28H18N2/c1-2-13-22-21(12-1)27(17-23-18-9-3-6-14-24(18)29-28(22)23)30-25-15-7-4-10-19(25)20-11-5-8-16-26(20)30/h1-17,29H. The molecule has 0 saturated heterocycles. The number of fused-ring (bicyclic) bond motifs is 8. The maximum absolute atomic E-state index is 3.66. The molecule has 0 aliphatic rings. The number of benzene rings is 5. The highest BCUT2D eigenvalue weighted by Crippen LogP contribution is 2.39. The summed E-state index contributed by atoms with van der Waals surface area (Å²) in [5, 5.41) is 7.61. The molecule has 0 aliphatic heterocycles. The minimum atomic E-state index is 1.18. The van der Waals surface area contributed by atoms with E-state index in [1.165, 1.54) is 60.1 Å². The van der Waals surface area contributed by atoms with Crippen molar-refractivity contribution in [3.05, 3.63) is 103 Å². The van der Waals surface area contributed by atoms with Gasteiger partial charge >= 0.3 is 0 Å². The zero-order valence-corrected chi connectivity index (χ0v) is 16.3. The summed E-state index contributed by atoms with van der Waals surface area (Å²) < 4.78 is 2.42. The molecule has 2 heteroatoms. The topological polar surface area (TPSA) is 20.7 Å². The van der Waals surface area contributed by atoms with Crippen molar-refractivity contribution >= 4 is 54.4 Å². The second-order valence-electron chi connectivity index (χ2n) is 7.90. The lowest BCUT2D eigenvalue weighted by atomic mass is 10.0. The fraction of sp³-hybridized carbons (Fsp3) is 0. The van der Waals surface area contributed by atoms with Crippen LogP contribution >= 0.6 is 0 Å². The number of H-pyrrole nitrogens is 1. The summed E-state index contributed by atoms with van der Waals surface area (Å²) in [6.07, 6.45) is 0. The number of aromatic nitrogens is 2. The number of hydrogen-bond acceptors (Lipinski definition) is 0. The Morgan fingerprint density at radius 3 is 1.70 bits per heavy atom. The average Bonchev–Trinajstić information content (AvgIpc) is 3.35. The summed E-state index contributed by atoms with van der Waals surface area (Å²) in [4.78, 5) is 3.66. The first-order valence-corrected chi connectivity index (χ1v) is 10.3. The molecule has 0 saturated carbocycles. The summed E-state index contributed by atoms with van der Waals surface area (Å²) in [5.41, 5.74) is 6.08.